The van der Waals surface area contributed by atoms with Gasteiger partial charge in [-0.3, -0.25) is 0 Å². The predicted molar refractivity (Wildman–Crippen MR) is 81.1 cm³/mol. The first-order chi connectivity index (χ1) is 11.6. The van der Waals surface area contributed by atoms with Crippen LogP contribution < -0.4 is 0 Å². The maximum absolute atomic E-state index is 12.8. The van der Waals surface area contributed by atoms with Crippen molar-refractivity contribution in [3.8, 4) is 11.5 Å². The van der Waals surface area contributed by atoms with E-state index in [4.69, 9.17) is 4.42 Å². The summed E-state index contributed by atoms with van der Waals surface area (Å²) < 4.78 is 74.4. The topological polar surface area (TPSA) is 76.6 Å². The van der Waals surface area contributed by atoms with Gasteiger partial charge in [0.1, 0.15) is 16.3 Å². The summed E-state index contributed by atoms with van der Waals surface area (Å²) in [6, 6.07) is 1.58. The van der Waals surface area contributed by atoms with Crippen LogP contribution in [0.2, 0.25) is 0 Å². The van der Waals surface area contributed by atoms with E-state index in [0.29, 0.717) is 12.5 Å². The van der Waals surface area contributed by atoms with E-state index in [0.717, 1.165) is 0 Å². The van der Waals surface area contributed by atoms with Gasteiger partial charge in [0.05, 0.1) is 0 Å². The third kappa shape index (κ3) is 3.11. The normalized spacial score (nSPS) is 19.0. The van der Waals surface area contributed by atoms with Crippen LogP contribution in [0.4, 0.5) is 13.2 Å². The van der Waals surface area contributed by atoms with Crippen molar-refractivity contribution in [2.45, 2.75) is 37.4 Å². The van der Waals surface area contributed by atoms with Crippen LogP contribution in [-0.4, -0.2) is 30.5 Å². The first-order valence-corrected chi connectivity index (χ1v) is 8.91. The van der Waals surface area contributed by atoms with Crippen LogP contribution >= 0.6 is 0 Å². The molecule has 0 saturated heterocycles. The van der Waals surface area contributed by atoms with Gasteiger partial charge in [0.25, 0.3) is 0 Å². The van der Waals surface area contributed by atoms with E-state index in [-0.39, 0.29) is 34.7 Å². The third-order valence-electron chi connectivity index (χ3n) is 3.93. The molecule has 0 spiro atoms. The van der Waals surface area contributed by atoms with Crippen molar-refractivity contribution in [3.05, 3.63) is 35.8 Å². The number of aromatic nitrogens is 1. The quantitative estimate of drug-likeness (QED) is 0.762. The fourth-order valence-corrected chi connectivity index (χ4v) is 4.44. The van der Waals surface area contributed by atoms with Crippen molar-refractivity contribution in [1.82, 2.24) is 9.46 Å². The van der Waals surface area contributed by atoms with E-state index in [1.807, 2.05) is 6.92 Å². The number of rotatable bonds is 4. The molecule has 10 heteroatoms. The van der Waals surface area contributed by atoms with E-state index in [1.165, 1.54) is 17.3 Å². The molecule has 3 rings (SSSR count). The number of hydrogen-bond acceptors (Lipinski definition) is 5. The first kappa shape index (κ1) is 17.7. The lowest BCUT2D eigenvalue weighted by Gasteiger charge is -2.22. The average Bonchev–Trinajstić information content (AvgIpc) is 3.24. The fourth-order valence-electron chi connectivity index (χ4n) is 2.67. The van der Waals surface area contributed by atoms with Gasteiger partial charge >= 0.3 is 6.18 Å². The Morgan fingerprint density at radius 1 is 1.36 bits per heavy atom. The van der Waals surface area contributed by atoms with Crippen LogP contribution in [0.15, 0.2) is 38.1 Å². The van der Waals surface area contributed by atoms with E-state index in [1.54, 1.807) is 12.2 Å². The molecule has 1 aliphatic heterocycles. The molecule has 0 radical (unpaired) electrons. The molecule has 136 valence electrons. The zero-order valence-corrected chi connectivity index (χ0v) is 14.2. The predicted octanol–water partition coefficient (Wildman–Crippen LogP) is 3.60. The monoisotopic (exact) mass is 376 g/mol. The molecule has 2 aromatic heterocycles. The molecule has 0 N–H and O–H groups in total. The van der Waals surface area contributed by atoms with Gasteiger partial charge in [0.2, 0.25) is 15.8 Å². The highest BCUT2D eigenvalue weighted by Gasteiger charge is 2.38. The van der Waals surface area contributed by atoms with Crippen molar-refractivity contribution in [2.75, 3.05) is 6.54 Å². The van der Waals surface area contributed by atoms with Gasteiger partial charge in [-0.15, -0.1) is 0 Å². The number of halogens is 3. The minimum absolute atomic E-state index is 0.0771. The minimum Gasteiger partial charge on any atom is -0.458 e. The van der Waals surface area contributed by atoms with Crippen LogP contribution in [0.3, 0.4) is 0 Å². The van der Waals surface area contributed by atoms with Crippen LogP contribution in [0.1, 0.15) is 24.9 Å². The Balaban J connectivity index is 1.97. The second-order valence-corrected chi connectivity index (χ2v) is 7.44. The lowest BCUT2D eigenvalue weighted by Crippen LogP contribution is -2.35. The van der Waals surface area contributed by atoms with Gasteiger partial charge in [-0.1, -0.05) is 24.2 Å². The van der Waals surface area contributed by atoms with E-state index in [9.17, 15) is 21.6 Å². The van der Waals surface area contributed by atoms with Crippen LogP contribution in [0.5, 0.6) is 0 Å². The summed E-state index contributed by atoms with van der Waals surface area (Å²) in [5, 5.41) is 3.31. The standard InChI is InChI=1S/C15H15F3N2O4S/c1-3-10-5-4-6-20(10)25(21,22)13-8-12(23-9(13)2)11-7-14(24-19-11)15(16,17)18/h4-5,7-8,10H,3,6H2,1-2H3. The summed E-state index contributed by atoms with van der Waals surface area (Å²) in [6.45, 7) is 3.54. The Morgan fingerprint density at radius 3 is 2.68 bits per heavy atom. The Hall–Kier alpha value is -2.07. The highest BCUT2D eigenvalue weighted by Crippen LogP contribution is 2.35. The van der Waals surface area contributed by atoms with Crippen molar-refractivity contribution in [2.24, 2.45) is 0 Å². The molecule has 6 nitrogen and oxygen atoms in total. The molecule has 1 aliphatic rings. The van der Waals surface area contributed by atoms with Crippen molar-refractivity contribution in [1.29, 1.82) is 0 Å². The third-order valence-corrected chi connectivity index (χ3v) is 5.93. The van der Waals surface area contributed by atoms with E-state index >= 15 is 0 Å². The Morgan fingerprint density at radius 2 is 2.08 bits per heavy atom. The number of furan rings is 1. The fraction of sp³-hybridized carbons (Fsp3) is 0.400. The van der Waals surface area contributed by atoms with Gasteiger partial charge in [-0.2, -0.15) is 17.5 Å². The van der Waals surface area contributed by atoms with Crippen molar-refractivity contribution < 1.29 is 30.5 Å². The van der Waals surface area contributed by atoms with Gasteiger partial charge in [-0.05, 0) is 13.3 Å². The minimum atomic E-state index is -4.68. The number of sulfonamides is 1. The van der Waals surface area contributed by atoms with Crippen molar-refractivity contribution in [3.63, 3.8) is 0 Å². The summed E-state index contributed by atoms with van der Waals surface area (Å²) in [7, 11) is -3.84. The van der Waals surface area contributed by atoms with E-state index in [2.05, 4.69) is 9.68 Å². The number of nitrogens with zero attached hydrogens (tertiary/aromatic N) is 2. The van der Waals surface area contributed by atoms with Crippen molar-refractivity contribution >= 4 is 10.0 Å². The molecule has 25 heavy (non-hydrogen) atoms. The molecule has 0 fully saturated rings. The molecule has 0 saturated carbocycles. The van der Waals surface area contributed by atoms with Gasteiger partial charge in [0.15, 0.2) is 5.76 Å². The van der Waals surface area contributed by atoms with Crippen LogP contribution in [0.25, 0.3) is 11.5 Å². The van der Waals surface area contributed by atoms with Gasteiger partial charge in [0, 0.05) is 24.7 Å². The van der Waals surface area contributed by atoms with Crippen LogP contribution in [-0.2, 0) is 16.2 Å². The maximum atomic E-state index is 12.8. The largest absolute Gasteiger partial charge is 0.458 e. The highest BCUT2D eigenvalue weighted by atomic mass is 32.2. The number of alkyl halides is 3. The summed E-state index contributed by atoms with van der Waals surface area (Å²) >= 11 is 0. The molecule has 0 bridgehead atoms. The van der Waals surface area contributed by atoms with Gasteiger partial charge in [-0.25, -0.2) is 8.42 Å². The van der Waals surface area contributed by atoms with Gasteiger partial charge < -0.3 is 8.94 Å². The molecular formula is C15H15F3N2O4S. The molecule has 2 aromatic rings. The SMILES string of the molecule is CCC1C=CCN1S(=O)(=O)c1cc(-c2cc(C(F)(F)F)on2)oc1C. The summed E-state index contributed by atoms with van der Waals surface area (Å²) in [4.78, 5) is -0.0961. The zero-order chi connectivity index (χ0) is 18.4. The molecule has 0 aromatic carbocycles. The summed E-state index contributed by atoms with van der Waals surface area (Å²) in [6.07, 6.45) is -0.508. The summed E-state index contributed by atoms with van der Waals surface area (Å²) in [5.41, 5.74) is -0.219. The molecule has 3 heterocycles. The molecule has 0 amide bonds. The Kier molecular flexibility index (Phi) is 4.28. The Labute approximate surface area is 141 Å². The van der Waals surface area contributed by atoms with E-state index < -0.39 is 22.0 Å². The second-order valence-electron chi connectivity index (χ2n) is 5.58. The average molecular weight is 376 g/mol. The smallest absolute Gasteiger partial charge is 0.452 e. The van der Waals surface area contributed by atoms with Crippen LogP contribution in [0, 0.1) is 6.92 Å². The highest BCUT2D eigenvalue weighted by molar-refractivity contribution is 7.89. The lowest BCUT2D eigenvalue weighted by atomic mass is 10.2. The maximum Gasteiger partial charge on any atom is 0.452 e. The second kappa shape index (κ2) is 6.03. The zero-order valence-electron chi connectivity index (χ0n) is 13.4. The first-order valence-electron chi connectivity index (χ1n) is 7.47. The number of aryl methyl sites for hydroxylation is 1. The summed E-state index contributed by atoms with van der Waals surface area (Å²) in [5.74, 6) is -1.31. The molecule has 1 unspecified atom stereocenters. The Bertz CT molecular complexity index is 912. The molecular weight excluding hydrogens is 361 g/mol. The lowest BCUT2D eigenvalue weighted by molar-refractivity contribution is -0.155. The molecule has 1 atom stereocenters. The number of hydrogen-bond donors (Lipinski definition) is 0. The molecule has 0 aliphatic carbocycles.